The van der Waals surface area contributed by atoms with E-state index in [-0.39, 0.29) is 30.7 Å². The van der Waals surface area contributed by atoms with Gasteiger partial charge in [-0.15, -0.1) is 5.10 Å². The fourth-order valence-electron chi connectivity index (χ4n) is 4.53. The molecule has 0 saturated carbocycles. The van der Waals surface area contributed by atoms with Gasteiger partial charge in [-0.25, -0.2) is 4.68 Å². The molecule has 0 aliphatic rings. The number of nitrogens with zero attached hydrogens (tertiary/aromatic N) is 5. The van der Waals surface area contributed by atoms with Crippen molar-refractivity contribution in [2.45, 2.75) is 53.4 Å². The van der Waals surface area contributed by atoms with Gasteiger partial charge in [0.2, 0.25) is 0 Å². The molecule has 9 heteroatoms. The number of aromatic nitrogens is 5. The third kappa shape index (κ3) is 5.85. The van der Waals surface area contributed by atoms with Crippen LogP contribution in [-0.2, 0) is 29.2 Å². The molecule has 0 spiro atoms. The Balaban J connectivity index is 1.75. The molecule has 1 atom stereocenters. The zero-order valence-electron chi connectivity index (χ0n) is 21.1. The molecule has 0 aliphatic heterocycles. The van der Waals surface area contributed by atoms with Crippen molar-refractivity contribution in [1.82, 2.24) is 30.1 Å². The van der Waals surface area contributed by atoms with Gasteiger partial charge in [-0.2, -0.15) is 0 Å². The third-order valence-electron chi connectivity index (χ3n) is 6.11. The van der Waals surface area contributed by atoms with Crippen molar-refractivity contribution in [1.29, 1.82) is 0 Å². The fourth-order valence-corrected chi connectivity index (χ4v) is 4.53. The zero-order valence-corrected chi connectivity index (χ0v) is 21.1. The van der Waals surface area contributed by atoms with E-state index in [2.05, 4.69) is 57.5 Å². The predicted octanol–water partition coefficient (Wildman–Crippen LogP) is 3.79. The summed E-state index contributed by atoms with van der Waals surface area (Å²) in [4.78, 5) is 30.5. The van der Waals surface area contributed by atoms with Gasteiger partial charge in [-0.05, 0) is 59.3 Å². The van der Waals surface area contributed by atoms with E-state index in [9.17, 15) is 9.59 Å². The molecule has 36 heavy (non-hydrogen) atoms. The smallest absolute Gasteiger partial charge is 0.327 e. The minimum atomic E-state index is -0.399. The lowest BCUT2D eigenvalue weighted by Gasteiger charge is -2.33. The number of benzene rings is 2. The molecule has 0 amide bonds. The minimum absolute atomic E-state index is 0.0750. The quantitative estimate of drug-likeness (QED) is 0.339. The molecule has 2 aromatic heterocycles. The van der Waals surface area contributed by atoms with E-state index in [1.165, 1.54) is 4.68 Å². The number of carbonyl (C=O) groups is 1. The van der Waals surface area contributed by atoms with Crippen molar-refractivity contribution in [3.63, 3.8) is 0 Å². The van der Waals surface area contributed by atoms with Crippen LogP contribution < -0.4 is 5.56 Å². The number of hydrogen-bond acceptors (Lipinski definition) is 7. The molecule has 0 saturated heterocycles. The summed E-state index contributed by atoms with van der Waals surface area (Å²) in [5, 5.41) is 13.2. The van der Waals surface area contributed by atoms with Crippen LogP contribution in [0.1, 0.15) is 49.3 Å². The van der Waals surface area contributed by atoms with Crippen LogP contribution in [0.3, 0.4) is 0 Å². The number of rotatable bonds is 10. The molecule has 2 heterocycles. The summed E-state index contributed by atoms with van der Waals surface area (Å²) in [6, 6.07) is 17.7. The van der Waals surface area contributed by atoms with Crippen molar-refractivity contribution in [2.24, 2.45) is 5.92 Å². The first-order valence-electron chi connectivity index (χ1n) is 12.2. The molecule has 0 bridgehead atoms. The molecule has 2 aromatic carbocycles. The van der Waals surface area contributed by atoms with Crippen LogP contribution >= 0.6 is 0 Å². The lowest BCUT2D eigenvalue weighted by Crippen LogP contribution is -2.35. The van der Waals surface area contributed by atoms with Crippen LogP contribution in [0.25, 0.3) is 10.9 Å². The molecule has 0 unspecified atom stereocenters. The number of esters is 1. The first-order chi connectivity index (χ1) is 17.4. The van der Waals surface area contributed by atoms with E-state index in [4.69, 9.17) is 4.74 Å². The average Bonchev–Trinajstić information content (AvgIpc) is 3.27. The van der Waals surface area contributed by atoms with E-state index in [1.807, 2.05) is 43.3 Å². The Bertz CT molecular complexity index is 1380. The Morgan fingerprint density at radius 1 is 1.11 bits per heavy atom. The Hall–Kier alpha value is -3.85. The molecule has 1 N–H and O–H groups in total. The lowest BCUT2D eigenvalue weighted by molar-refractivity contribution is -0.144. The first kappa shape index (κ1) is 25.2. The van der Waals surface area contributed by atoms with Gasteiger partial charge in [-0.3, -0.25) is 14.5 Å². The van der Waals surface area contributed by atoms with E-state index >= 15 is 0 Å². The topological polar surface area (TPSA) is 106 Å². The normalized spacial score (nSPS) is 12.4. The number of H-pyrrole nitrogens is 1. The molecular formula is C27H32N6O3. The number of hydrogen-bond donors (Lipinski definition) is 1. The summed E-state index contributed by atoms with van der Waals surface area (Å²) in [5.41, 5.74) is 3.56. The van der Waals surface area contributed by atoms with Gasteiger partial charge in [0, 0.05) is 24.2 Å². The van der Waals surface area contributed by atoms with Crippen LogP contribution in [0.2, 0.25) is 0 Å². The van der Waals surface area contributed by atoms with Crippen LogP contribution in [-0.4, -0.2) is 42.7 Å². The largest absolute Gasteiger partial charge is 0.465 e. The zero-order chi connectivity index (χ0) is 25.7. The highest BCUT2D eigenvalue weighted by atomic mass is 16.5. The Labute approximate surface area is 210 Å². The van der Waals surface area contributed by atoms with E-state index in [0.717, 1.165) is 22.0 Å². The molecule has 0 aliphatic carbocycles. The van der Waals surface area contributed by atoms with Gasteiger partial charge in [-0.1, -0.05) is 55.8 Å². The van der Waals surface area contributed by atoms with E-state index < -0.39 is 5.97 Å². The number of carbonyl (C=O) groups excluding carboxylic acids is 1. The Morgan fingerprint density at radius 3 is 2.61 bits per heavy atom. The highest BCUT2D eigenvalue weighted by molar-refractivity contribution is 5.79. The predicted molar refractivity (Wildman–Crippen MR) is 137 cm³/mol. The third-order valence-corrected chi connectivity index (χ3v) is 6.11. The number of pyridine rings is 1. The molecule has 0 radical (unpaired) electrons. The van der Waals surface area contributed by atoms with Gasteiger partial charge in [0.05, 0.1) is 12.6 Å². The number of ether oxygens (including phenoxy) is 1. The average molecular weight is 489 g/mol. The maximum absolute atomic E-state index is 13.1. The summed E-state index contributed by atoms with van der Waals surface area (Å²) in [6.45, 7) is 9.12. The highest BCUT2D eigenvalue weighted by Gasteiger charge is 2.30. The van der Waals surface area contributed by atoms with Gasteiger partial charge in [0.25, 0.3) is 5.56 Å². The monoisotopic (exact) mass is 488 g/mol. The van der Waals surface area contributed by atoms with Crippen molar-refractivity contribution >= 4 is 16.9 Å². The van der Waals surface area contributed by atoms with Crippen LogP contribution in [0.5, 0.6) is 0 Å². The summed E-state index contributed by atoms with van der Waals surface area (Å²) in [6.07, 6.45) is 0. The van der Waals surface area contributed by atoms with Gasteiger partial charge >= 0.3 is 5.97 Å². The molecule has 9 nitrogen and oxygen atoms in total. The molecule has 4 rings (SSSR count). The number of fused-ring (bicyclic) bond motifs is 1. The molecular weight excluding hydrogens is 456 g/mol. The first-order valence-corrected chi connectivity index (χ1v) is 12.2. The SMILES string of the molecule is CCOC(=O)Cn1nnnc1[C@@H](C(C)C)N(Cc1ccccc1)Cc1cc2cc(C)ccc2[nH]c1=O. The van der Waals surface area contributed by atoms with Crippen molar-refractivity contribution in [3.8, 4) is 0 Å². The van der Waals surface area contributed by atoms with Gasteiger partial charge in [0.15, 0.2) is 5.82 Å². The summed E-state index contributed by atoms with van der Waals surface area (Å²) >= 11 is 0. The number of tetrazole rings is 1. The summed E-state index contributed by atoms with van der Waals surface area (Å²) in [5.74, 6) is 0.244. The second-order valence-electron chi connectivity index (χ2n) is 9.29. The maximum Gasteiger partial charge on any atom is 0.327 e. The molecule has 0 fully saturated rings. The van der Waals surface area contributed by atoms with Gasteiger partial charge in [0.1, 0.15) is 6.54 Å². The molecule has 188 valence electrons. The van der Waals surface area contributed by atoms with Crippen molar-refractivity contribution < 1.29 is 9.53 Å². The van der Waals surface area contributed by atoms with Crippen molar-refractivity contribution in [3.05, 3.63) is 87.5 Å². The minimum Gasteiger partial charge on any atom is -0.465 e. The van der Waals surface area contributed by atoms with Crippen LogP contribution in [0.15, 0.2) is 59.4 Å². The van der Waals surface area contributed by atoms with Crippen LogP contribution in [0.4, 0.5) is 0 Å². The maximum atomic E-state index is 13.1. The second-order valence-corrected chi connectivity index (χ2v) is 9.29. The van der Waals surface area contributed by atoms with Gasteiger partial charge < -0.3 is 9.72 Å². The standard InChI is InChI=1S/C27H32N6O3/c1-5-36-24(34)17-33-26(29-30-31-33)25(18(2)3)32(15-20-9-7-6-8-10-20)16-22-14-21-13-19(4)11-12-23(21)28-27(22)35/h6-14,18,25H,5,15-17H2,1-4H3,(H,28,35)/t25-/m1/s1. The van der Waals surface area contributed by atoms with E-state index in [0.29, 0.717) is 24.5 Å². The number of aryl methyl sites for hydroxylation is 1. The summed E-state index contributed by atoms with van der Waals surface area (Å²) < 4.78 is 6.61. The highest BCUT2D eigenvalue weighted by Crippen LogP contribution is 2.30. The lowest BCUT2D eigenvalue weighted by atomic mass is 9.99. The van der Waals surface area contributed by atoms with Crippen LogP contribution in [0, 0.1) is 12.8 Å². The number of aromatic amines is 1. The van der Waals surface area contributed by atoms with E-state index in [1.54, 1.807) is 6.92 Å². The molecule has 4 aromatic rings. The Morgan fingerprint density at radius 2 is 1.89 bits per heavy atom. The second kappa shape index (κ2) is 11.3. The summed E-state index contributed by atoms with van der Waals surface area (Å²) in [7, 11) is 0. The fraction of sp³-hybridized carbons (Fsp3) is 0.370. The number of nitrogens with one attached hydrogen (secondary N) is 1. The van der Waals surface area contributed by atoms with Crippen molar-refractivity contribution in [2.75, 3.05) is 6.61 Å². The Kier molecular flexibility index (Phi) is 7.90.